The average Bonchev–Trinajstić information content (AvgIpc) is 2.53. The Morgan fingerprint density at radius 1 is 1.04 bits per heavy atom. The average molecular weight is 354 g/mol. The largest absolute Gasteiger partial charge is 0.508 e. The van der Waals surface area contributed by atoms with E-state index in [4.69, 9.17) is 4.74 Å². The number of halogens is 1. The number of aliphatic hydroxyl groups is 2. The molecule has 6 heteroatoms. The summed E-state index contributed by atoms with van der Waals surface area (Å²) >= 11 is 0. The van der Waals surface area contributed by atoms with Crippen LogP contribution in [-0.2, 0) is 0 Å². The summed E-state index contributed by atoms with van der Waals surface area (Å²) in [7, 11) is 0. The molecule has 2 unspecified atom stereocenters. The zero-order valence-corrected chi connectivity index (χ0v) is 14.4. The summed E-state index contributed by atoms with van der Waals surface area (Å²) in [6.07, 6.45) is -1.36. The number of phenolic OH excluding ortho intramolecular Hbond substituents is 1. The standard InChI is InChI=1S/C18H23NO4.ClH/c1-13-3-2-4-17(9-13)23-12-16(21)10-19-11-18(22)14-5-7-15(20)8-6-14;/h2-9,16,18-22H,10-12H2,1H3;1H. The molecule has 0 aliphatic heterocycles. The van der Waals surface area contributed by atoms with Crippen molar-refractivity contribution in [3.8, 4) is 11.5 Å². The minimum absolute atomic E-state index is 0. The summed E-state index contributed by atoms with van der Waals surface area (Å²) in [5.41, 5.74) is 1.81. The van der Waals surface area contributed by atoms with Crippen LogP contribution in [0.5, 0.6) is 11.5 Å². The van der Waals surface area contributed by atoms with Crippen molar-refractivity contribution in [3.63, 3.8) is 0 Å². The molecule has 2 aromatic carbocycles. The van der Waals surface area contributed by atoms with E-state index in [9.17, 15) is 15.3 Å². The number of aliphatic hydroxyl groups excluding tert-OH is 2. The first-order chi connectivity index (χ1) is 11.0. The van der Waals surface area contributed by atoms with Gasteiger partial charge in [0.1, 0.15) is 24.2 Å². The Kier molecular flexibility index (Phi) is 8.57. The molecule has 0 aromatic heterocycles. The van der Waals surface area contributed by atoms with Crippen molar-refractivity contribution in [1.82, 2.24) is 5.32 Å². The SMILES string of the molecule is Cc1cccc(OCC(O)CNCC(O)c2ccc(O)cc2)c1.Cl. The van der Waals surface area contributed by atoms with Crippen molar-refractivity contribution in [2.24, 2.45) is 0 Å². The first-order valence-corrected chi connectivity index (χ1v) is 7.60. The summed E-state index contributed by atoms with van der Waals surface area (Å²) in [6.45, 7) is 2.80. The summed E-state index contributed by atoms with van der Waals surface area (Å²) in [4.78, 5) is 0. The molecule has 0 radical (unpaired) electrons. The van der Waals surface area contributed by atoms with Crippen LogP contribution in [0.1, 0.15) is 17.2 Å². The first kappa shape index (κ1) is 20.3. The normalized spacial score (nSPS) is 13.0. The van der Waals surface area contributed by atoms with Crippen LogP contribution in [0.2, 0.25) is 0 Å². The number of hydrogen-bond donors (Lipinski definition) is 4. The number of aromatic hydroxyl groups is 1. The number of nitrogens with one attached hydrogen (secondary N) is 1. The van der Waals surface area contributed by atoms with Crippen LogP contribution in [-0.4, -0.2) is 41.1 Å². The summed E-state index contributed by atoms with van der Waals surface area (Å²) in [5, 5.41) is 32.1. The molecular formula is C18H24ClNO4. The van der Waals surface area contributed by atoms with Crippen molar-refractivity contribution in [1.29, 1.82) is 0 Å². The van der Waals surface area contributed by atoms with E-state index in [2.05, 4.69) is 5.32 Å². The van der Waals surface area contributed by atoms with Gasteiger partial charge in [-0.3, -0.25) is 0 Å². The van der Waals surface area contributed by atoms with Gasteiger partial charge in [0.05, 0.1) is 6.10 Å². The number of phenols is 1. The fourth-order valence-electron chi connectivity index (χ4n) is 2.16. The van der Waals surface area contributed by atoms with Crippen LogP contribution in [0.3, 0.4) is 0 Å². The van der Waals surface area contributed by atoms with Crippen molar-refractivity contribution in [3.05, 3.63) is 59.7 Å². The zero-order valence-electron chi connectivity index (χ0n) is 13.6. The van der Waals surface area contributed by atoms with E-state index in [0.29, 0.717) is 18.7 Å². The minimum atomic E-state index is -0.694. The van der Waals surface area contributed by atoms with Crippen LogP contribution in [0, 0.1) is 6.92 Å². The van der Waals surface area contributed by atoms with Gasteiger partial charge in [0.2, 0.25) is 0 Å². The minimum Gasteiger partial charge on any atom is -0.508 e. The van der Waals surface area contributed by atoms with Gasteiger partial charge in [-0.2, -0.15) is 0 Å². The monoisotopic (exact) mass is 353 g/mol. The van der Waals surface area contributed by atoms with E-state index in [-0.39, 0.29) is 24.8 Å². The van der Waals surface area contributed by atoms with Crippen molar-refractivity contribution < 1.29 is 20.1 Å². The van der Waals surface area contributed by atoms with Crippen LogP contribution in [0.25, 0.3) is 0 Å². The highest BCUT2D eigenvalue weighted by Crippen LogP contribution is 2.16. The van der Waals surface area contributed by atoms with E-state index in [1.54, 1.807) is 12.1 Å². The highest BCUT2D eigenvalue weighted by molar-refractivity contribution is 5.85. The second-order valence-electron chi connectivity index (χ2n) is 5.55. The molecule has 0 fully saturated rings. The molecule has 2 aromatic rings. The summed E-state index contributed by atoms with van der Waals surface area (Å²) < 4.78 is 5.52. The number of aryl methyl sites for hydroxylation is 1. The van der Waals surface area contributed by atoms with E-state index in [1.807, 2.05) is 31.2 Å². The maximum atomic E-state index is 10.0. The van der Waals surface area contributed by atoms with Gasteiger partial charge in [-0.25, -0.2) is 0 Å². The summed E-state index contributed by atoms with van der Waals surface area (Å²) in [5.74, 6) is 0.894. The van der Waals surface area contributed by atoms with Gasteiger partial charge in [-0.1, -0.05) is 24.3 Å². The Balaban J connectivity index is 0.00000288. The topological polar surface area (TPSA) is 82.0 Å². The Morgan fingerprint density at radius 2 is 1.75 bits per heavy atom. The van der Waals surface area contributed by atoms with Gasteiger partial charge in [0.15, 0.2) is 0 Å². The smallest absolute Gasteiger partial charge is 0.119 e. The van der Waals surface area contributed by atoms with Gasteiger partial charge in [-0.15, -0.1) is 12.4 Å². The molecule has 5 nitrogen and oxygen atoms in total. The van der Waals surface area contributed by atoms with E-state index in [0.717, 1.165) is 11.3 Å². The molecule has 4 N–H and O–H groups in total. The number of hydrogen-bond acceptors (Lipinski definition) is 5. The maximum absolute atomic E-state index is 10.0. The molecule has 0 saturated carbocycles. The summed E-state index contributed by atoms with van der Waals surface area (Å²) in [6, 6.07) is 14.0. The van der Waals surface area contributed by atoms with Crippen molar-refractivity contribution in [2.75, 3.05) is 19.7 Å². The van der Waals surface area contributed by atoms with Crippen LogP contribution in [0.4, 0.5) is 0 Å². The van der Waals surface area contributed by atoms with Gasteiger partial charge in [0.25, 0.3) is 0 Å². The lowest BCUT2D eigenvalue weighted by Crippen LogP contribution is -2.33. The Bertz CT molecular complexity index is 606. The third kappa shape index (κ3) is 6.76. The van der Waals surface area contributed by atoms with Gasteiger partial charge in [0, 0.05) is 13.1 Å². The Morgan fingerprint density at radius 3 is 2.42 bits per heavy atom. The maximum Gasteiger partial charge on any atom is 0.119 e. The number of benzene rings is 2. The predicted molar refractivity (Wildman–Crippen MR) is 95.9 cm³/mol. The molecule has 0 aliphatic carbocycles. The lowest BCUT2D eigenvalue weighted by atomic mass is 10.1. The van der Waals surface area contributed by atoms with Gasteiger partial charge >= 0.3 is 0 Å². The lowest BCUT2D eigenvalue weighted by molar-refractivity contribution is 0.0996. The second kappa shape index (κ2) is 10.2. The highest BCUT2D eigenvalue weighted by Gasteiger charge is 2.09. The first-order valence-electron chi connectivity index (χ1n) is 7.60. The van der Waals surface area contributed by atoms with E-state index < -0.39 is 12.2 Å². The van der Waals surface area contributed by atoms with Crippen molar-refractivity contribution in [2.45, 2.75) is 19.1 Å². The molecule has 0 saturated heterocycles. The Labute approximate surface area is 148 Å². The lowest BCUT2D eigenvalue weighted by Gasteiger charge is -2.16. The van der Waals surface area contributed by atoms with Gasteiger partial charge < -0.3 is 25.4 Å². The van der Waals surface area contributed by atoms with Crippen LogP contribution < -0.4 is 10.1 Å². The molecule has 0 heterocycles. The van der Waals surface area contributed by atoms with Crippen LogP contribution in [0.15, 0.2) is 48.5 Å². The highest BCUT2D eigenvalue weighted by atomic mass is 35.5. The molecule has 24 heavy (non-hydrogen) atoms. The number of ether oxygens (including phenoxy) is 1. The third-order valence-electron chi connectivity index (χ3n) is 3.43. The molecule has 132 valence electrons. The molecule has 2 atom stereocenters. The van der Waals surface area contributed by atoms with Crippen LogP contribution >= 0.6 is 12.4 Å². The quantitative estimate of drug-likeness (QED) is 0.585. The number of rotatable bonds is 8. The fourth-order valence-corrected chi connectivity index (χ4v) is 2.16. The van der Waals surface area contributed by atoms with Gasteiger partial charge in [-0.05, 0) is 42.3 Å². The second-order valence-corrected chi connectivity index (χ2v) is 5.55. The molecular weight excluding hydrogens is 330 g/mol. The Hall–Kier alpha value is -1.79. The molecule has 0 spiro atoms. The van der Waals surface area contributed by atoms with E-state index >= 15 is 0 Å². The molecule has 2 rings (SSSR count). The van der Waals surface area contributed by atoms with E-state index in [1.165, 1.54) is 12.1 Å². The molecule has 0 bridgehead atoms. The molecule has 0 aliphatic rings. The predicted octanol–water partition coefficient (Wildman–Crippen LogP) is 2.19. The zero-order chi connectivity index (χ0) is 16.7. The molecule has 0 amide bonds. The van der Waals surface area contributed by atoms with Crippen molar-refractivity contribution >= 4 is 12.4 Å². The fraction of sp³-hybridized carbons (Fsp3) is 0.333. The third-order valence-corrected chi connectivity index (χ3v) is 3.43.